The van der Waals surface area contributed by atoms with Crippen molar-refractivity contribution in [2.75, 3.05) is 4.90 Å². The number of thiocarbonyl (C=S) groups is 1. The van der Waals surface area contributed by atoms with Gasteiger partial charge in [0.15, 0.2) is 5.11 Å². The fraction of sp³-hybridized carbons (Fsp3) is 0.125. The van der Waals surface area contributed by atoms with E-state index in [1.54, 1.807) is 24.4 Å². The Bertz CT molecular complexity index is 1830. The molecule has 0 aliphatic carbocycles. The van der Waals surface area contributed by atoms with E-state index in [0.717, 1.165) is 43.8 Å². The van der Waals surface area contributed by atoms with Gasteiger partial charge in [-0.3, -0.25) is 15.1 Å². The molecule has 2 atom stereocenters. The number of anilines is 1. The van der Waals surface area contributed by atoms with Gasteiger partial charge in [-0.1, -0.05) is 41.0 Å². The van der Waals surface area contributed by atoms with Crippen molar-refractivity contribution < 1.29 is 4.92 Å². The standard InChI is InChI=1S/C32H25Cl2N5O2S2/c1-19-17-26(20(2)37(19)29-15-6-21(33)18-27(29)34)31-30(28-5-3-4-16-35-28)36-32(42)38(31)22-7-11-24(12-8-22)43-25-13-9-23(10-14-25)39(40)41/h3-18,30-31H,1-2H3,(H,36,42)/t30-,31-/m0/s1. The molecule has 1 aliphatic rings. The summed E-state index contributed by atoms with van der Waals surface area (Å²) in [6, 6.07) is 27.9. The Morgan fingerprint density at radius 3 is 2.28 bits per heavy atom. The molecule has 1 saturated heterocycles. The molecule has 11 heteroatoms. The maximum absolute atomic E-state index is 11.0. The third-order valence-corrected chi connectivity index (χ3v) is 9.30. The zero-order valence-corrected chi connectivity index (χ0v) is 26.2. The van der Waals surface area contributed by atoms with Crippen molar-refractivity contribution in [1.82, 2.24) is 14.9 Å². The number of hydrogen-bond donors (Lipinski definition) is 1. The summed E-state index contributed by atoms with van der Waals surface area (Å²) in [4.78, 5) is 19.4. The minimum Gasteiger partial charge on any atom is -0.351 e. The molecule has 216 valence electrons. The van der Waals surface area contributed by atoms with Crippen LogP contribution >= 0.6 is 47.2 Å². The van der Waals surface area contributed by atoms with Gasteiger partial charge in [-0.2, -0.15) is 0 Å². The molecule has 3 heterocycles. The minimum atomic E-state index is -0.397. The highest BCUT2D eigenvalue weighted by Gasteiger charge is 2.42. The van der Waals surface area contributed by atoms with Crippen LogP contribution < -0.4 is 10.2 Å². The van der Waals surface area contributed by atoms with Gasteiger partial charge in [0.05, 0.1) is 33.4 Å². The SMILES string of the molecule is Cc1cc([C@H]2[C@H](c3ccccn3)NC(=S)N2c2ccc(Sc3ccc([N+](=O)[O-])cc3)cc2)c(C)n1-c1ccc(Cl)cc1Cl. The van der Waals surface area contributed by atoms with Crippen molar-refractivity contribution in [1.29, 1.82) is 0 Å². The maximum atomic E-state index is 11.0. The lowest BCUT2D eigenvalue weighted by Gasteiger charge is -2.28. The smallest absolute Gasteiger partial charge is 0.269 e. The fourth-order valence-electron chi connectivity index (χ4n) is 5.52. The number of nitro groups is 1. The van der Waals surface area contributed by atoms with Crippen LogP contribution in [0.4, 0.5) is 11.4 Å². The molecular formula is C32H25Cl2N5O2S2. The van der Waals surface area contributed by atoms with Gasteiger partial charge < -0.3 is 14.8 Å². The van der Waals surface area contributed by atoms with Crippen LogP contribution in [0.3, 0.4) is 0 Å². The Labute approximate surface area is 268 Å². The lowest BCUT2D eigenvalue weighted by molar-refractivity contribution is -0.384. The third kappa shape index (κ3) is 5.73. The summed E-state index contributed by atoms with van der Waals surface area (Å²) in [7, 11) is 0. The van der Waals surface area contributed by atoms with E-state index in [9.17, 15) is 10.1 Å². The van der Waals surface area contributed by atoms with Gasteiger partial charge >= 0.3 is 0 Å². The zero-order chi connectivity index (χ0) is 30.2. The third-order valence-electron chi connectivity index (χ3n) is 7.44. The monoisotopic (exact) mass is 645 g/mol. The fourth-order valence-corrected chi connectivity index (χ4v) is 7.17. The van der Waals surface area contributed by atoms with E-state index < -0.39 is 4.92 Å². The summed E-state index contributed by atoms with van der Waals surface area (Å²) in [6.45, 7) is 4.15. The molecule has 7 nitrogen and oxygen atoms in total. The Hall–Kier alpha value is -3.89. The Kier molecular flexibility index (Phi) is 8.15. The minimum absolute atomic E-state index is 0.0703. The highest BCUT2D eigenvalue weighted by atomic mass is 35.5. The van der Waals surface area contributed by atoms with Crippen molar-refractivity contribution in [2.24, 2.45) is 0 Å². The van der Waals surface area contributed by atoms with Crippen molar-refractivity contribution in [2.45, 2.75) is 35.7 Å². The molecule has 0 radical (unpaired) electrons. The van der Waals surface area contributed by atoms with E-state index in [2.05, 4.69) is 39.7 Å². The van der Waals surface area contributed by atoms with Crippen LogP contribution in [0, 0.1) is 24.0 Å². The number of halogens is 2. The number of rotatable bonds is 7. The van der Waals surface area contributed by atoms with Gasteiger partial charge in [0.1, 0.15) is 0 Å². The molecule has 0 spiro atoms. The second-order valence-corrected chi connectivity index (χ2v) is 12.5. The number of nitro benzene ring substituents is 1. The Balaban J connectivity index is 1.38. The van der Waals surface area contributed by atoms with Crippen LogP contribution in [0.2, 0.25) is 10.0 Å². The van der Waals surface area contributed by atoms with Gasteiger partial charge in [-0.25, -0.2) is 0 Å². The van der Waals surface area contributed by atoms with Gasteiger partial charge in [-0.15, -0.1) is 0 Å². The largest absolute Gasteiger partial charge is 0.351 e. The first kappa shape index (κ1) is 29.2. The van der Waals surface area contributed by atoms with Gasteiger partial charge in [0.2, 0.25) is 0 Å². The van der Waals surface area contributed by atoms with Crippen molar-refractivity contribution >= 4 is 63.7 Å². The molecule has 5 aromatic rings. The number of pyridine rings is 1. The van der Waals surface area contributed by atoms with Crippen LogP contribution in [0.15, 0.2) is 107 Å². The summed E-state index contributed by atoms with van der Waals surface area (Å²) < 4.78 is 2.15. The summed E-state index contributed by atoms with van der Waals surface area (Å²) in [5.74, 6) is 0. The van der Waals surface area contributed by atoms with Crippen molar-refractivity contribution in [3.8, 4) is 5.69 Å². The number of non-ortho nitro benzene ring substituents is 1. The number of nitrogens with one attached hydrogen (secondary N) is 1. The van der Waals surface area contributed by atoms with Crippen LogP contribution in [0.5, 0.6) is 0 Å². The summed E-state index contributed by atoms with van der Waals surface area (Å²) in [6.07, 6.45) is 1.79. The highest BCUT2D eigenvalue weighted by Crippen LogP contribution is 2.44. The number of hydrogen-bond acceptors (Lipinski definition) is 5. The zero-order valence-electron chi connectivity index (χ0n) is 23.1. The number of nitrogens with zero attached hydrogens (tertiary/aromatic N) is 4. The van der Waals surface area contributed by atoms with Crippen LogP contribution in [-0.4, -0.2) is 19.6 Å². The van der Waals surface area contributed by atoms with Gasteiger partial charge in [0, 0.05) is 50.2 Å². The number of benzene rings is 3. The summed E-state index contributed by atoms with van der Waals surface area (Å²) in [5.41, 5.74) is 5.91. The predicted octanol–water partition coefficient (Wildman–Crippen LogP) is 9.03. The quantitative estimate of drug-likeness (QED) is 0.107. The first-order valence-electron chi connectivity index (χ1n) is 13.4. The first-order chi connectivity index (χ1) is 20.7. The van der Waals surface area contributed by atoms with E-state index in [1.165, 1.54) is 23.9 Å². The molecular weight excluding hydrogens is 621 g/mol. The van der Waals surface area contributed by atoms with Crippen LogP contribution in [-0.2, 0) is 0 Å². The first-order valence-corrected chi connectivity index (χ1v) is 15.4. The van der Waals surface area contributed by atoms with Crippen molar-refractivity contribution in [3.05, 3.63) is 140 Å². The van der Waals surface area contributed by atoms with Gasteiger partial charge in [0.25, 0.3) is 5.69 Å². The average Bonchev–Trinajstić information content (AvgIpc) is 3.49. The van der Waals surface area contributed by atoms with Crippen LogP contribution in [0.1, 0.15) is 34.7 Å². The number of aromatic nitrogens is 2. The average molecular weight is 647 g/mol. The summed E-state index contributed by atoms with van der Waals surface area (Å²) >= 11 is 20.3. The molecule has 0 unspecified atom stereocenters. The van der Waals surface area contributed by atoms with E-state index in [4.69, 9.17) is 35.4 Å². The topological polar surface area (TPSA) is 76.2 Å². The second kappa shape index (κ2) is 12.0. The van der Waals surface area contributed by atoms with Crippen LogP contribution in [0.25, 0.3) is 5.69 Å². The van der Waals surface area contributed by atoms with Gasteiger partial charge in [-0.05, 0) is 104 Å². The molecule has 43 heavy (non-hydrogen) atoms. The molecule has 1 N–H and O–H groups in total. The lowest BCUT2D eigenvalue weighted by atomic mass is 9.96. The molecule has 1 aliphatic heterocycles. The van der Waals surface area contributed by atoms with E-state index >= 15 is 0 Å². The molecule has 0 bridgehead atoms. The maximum Gasteiger partial charge on any atom is 0.269 e. The molecule has 2 aromatic heterocycles. The van der Waals surface area contributed by atoms with E-state index in [1.807, 2.05) is 54.6 Å². The van der Waals surface area contributed by atoms with E-state index in [0.29, 0.717) is 15.2 Å². The summed E-state index contributed by atoms with van der Waals surface area (Å²) in [5, 5.41) is 16.3. The molecule has 0 amide bonds. The van der Waals surface area contributed by atoms with Crippen molar-refractivity contribution in [3.63, 3.8) is 0 Å². The lowest BCUT2D eigenvalue weighted by Crippen LogP contribution is -2.29. The second-order valence-electron chi connectivity index (χ2n) is 10.1. The van der Waals surface area contributed by atoms with E-state index in [-0.39, 0.29) is 17.8 Å². The molecule has 6 rings (SSSR count). The Morgan fingerprint density at radius 2 is 1.65 bits per heavy atom. The number of aryl methyl sites for hydroxylation is 1. The Morgan fingerprint density at radius 1 is 0.953 bits per heavy atom. The molecule has 1 fully saturated rings. The molecule has 0 saturated carbocycles. The normalized spacial score (nSPS) is 16.4. The highest BCUT2D eigenvalue weighted by molar-refractivity contribution is 7.99. The molecule has 3 aromatic carbocycles. The predicted molar refractivity (Wildman–Crippen MR) is 177 cm³/mol.